The van der Waals surface area contributed by atoms with Crippen LogP contribution in [-0.2, 0) is 16.0 Å². The third-order valence-electron chi connectivity index (χ3n) is 5.10. The highest BCUT2D eigenvalue weighted by atomic mass is 35.5. The van der Waals surface area contributed by atoms with Gasteiger partial charge >= 0.3 is 5.97 Å². The van der Waals surface area contributed by atoms with E-state index in [-0.39, 0.29) is 36.8 Å². The molecular weight excluding hydrogens is 420 g/mol. The summed E-state index contributed by atoms with van der Waals surface area (Å²) in [5.41, 5.74) is 10.2. The van der Waals surface area contributed by atoms with Gasteiger partial charge in [0.05, 0.1) is 13.0 Å². The highest BCUT2D eigenvalue weighted by Gasteiger charge is 2.20. The number of allylic oxidation sites excluding steroid dienone is 2. The van der Waals surface area contributed by atoms with E-state index in [4.69, 9.17) is 10.5 Å². The van der Waals surface area contributed by atoms with Crippen LogP contribution in [0.2, 0.25) is 0 Å². The molecule has 0 saturated carbocycles. The third kappa shape index (κ3) is 7.15. The monoisotopic (exact) mass is 451 g/mol. The second-order valence-corrected chi connectivity index (χ2v) is 7.53. The number of carbonyl (C=O) groups excluding carboxylic acids is 1. The van der Waals surface area contributed by atoms with Gasteiger partial charge in [0.15, 0.2) is 0 Å². The molecule has 0 fully saturated rings. The lowest BCUT2D eigenvalue weighted by Crippen LogP contribution is -2.19. The number of aryl methyl sites for hydroxylation is 3. The predicted octanol–water partition coefficient (Wildman–Crippen LogP) is 6.52. The minimum Gasteiger partial charge on any atom is -0.466 e. The molecule has 31 heavy (non-hydrogen) atoms. The number of nitrogens with two attached hydrogens (primary N) is 1. The SMILES string of the molecule is CC=CCCCc1cc(F)cc(C)c1-c1cc(C)c(F)c([C@@H](N)CC(=O)OCC)c1.Cl. The van der Waals surface area contributed by atoms with Crippen molar-refractivity contribution in [2.45, 2.75) is 59.4 Å². The molecule has 0 aliphatic carbocycles. The molecule has 2 aromatic rings. The Morgan fingerprint density at radius 3 is 2.52 bits per heavy atom. The Morgan fingerprint density at radius 2 is 1.87 bits per heavy atom. The number of ether oxygens (including phenoxy) is 1. The zero-order valence-corrected chi connectivity index (χ0v) is 19.5. The molecule has 0 aliphatic rings. The molecule has 0 aliphatic heterocycles. The summed E-state index contributed by atoms with van der Waals surface area (Å²) < 4.78 is 33.9. The standard InChI is InChI=1S/C25H31F2NO2.ClH/c1-5-7-8-9-10-18-13-20(26)12-16(3)24(18)19-11-17(4)25(27)21(14-19)22(28)15-23(29)30-6-2;/h5,7,11-14,22H,6,8-10,15,28H2,1-4H3;1H/t22-;/m0./s1. The molecule has 0 heterocycles. The van der Waals surface area contributed by atoms with Gasteiger partial charge in [-0.05, 0) is 99.0 Å². The maximum absolute atomic E-state index is 14.8. The van der Waals surface area contributed by atoms with Gasteiger partial charge in [0.25, 0.3) is 0 Å². The van der Waals surface area contributed by atoms with Crippen LogP contribution in [0.5, 0.6) is 0 Å². The first-order chi connectivity index (χ1) is 14.3. The fourth-order valence-corrected chi connectivity index (χ4v) is 3.72. The van der Waals surface area contributed by atoms with Crippen molar-refractivity contribution in [2.24, 2.45) is 5.73 Å². The van der Waals surface area contributed by atoms with Crippen molar-refractivity contribution in [3.8, 4) is 11.1 Å². The zero-order valence-electron chi connectivity index (χ0n) is 18.6. The molecule has 2 rings (SSSR count). The molecule has 1 atom stereocenters. The van der Waals surface area contributed by atoms with Crippen LogP contribution in [0.1, 0.15) is 61.4 Å². The van der Waals surface area contributed by atoms with Gasteiger partial charge in [-0.25, -0.2) is 8.78 Å². The average Bonchev–Trinajstić information content (AvgIpc) is 2.67. The van der Waals surface area contributed by atoms with Crippen molar-refractivity contribution < 1.29 is 18.3 Å². The normalized spacial score (nSPS) is 12.0. The number of unbranched alkanes of at least 4 members (excludes halogenated alkanes) is 1. The van der Waals surface area contributed by atoms with Gasteiger partial charge < -0.3 is 10.5 Å². The van der Waals surface area contributed by atoms with E-state index in [0.717, 1.165) is 35.1 Å². The Morgan fingerprint density at radius 1 is 1.16 bits per heavy atom. The number of halogens is 3. The van der Waals surface area contributed by atoms with Gasteiger partial charge in [0, 0.05) is 11.6 Å². The van der Waals surface area contributed by atoms with Crippen LogP contribution in [0.4, 0.5) is 8.78 Å². The van der Waals surface area contributed by atoms with Crippen molar-refractivity contribution >= 4 is 18.4 Å². The first-order valence-electron chi connectivity index (χ1n) is 10.4. The number of carbonyl (C=O) groups is 1. The Hall–Kier alpha value is -2.24. The first kappa shape index (κ1) is 26.8. The van der Waals surface area contributed by atoms with Gasteiger partial charge in [0.1, 0.15) is 11.6 Å². The van der Waals surface area contributed by atoms with Gasteiger partial charge in [-0.15, -0.1) is 12.4 Å². The van der Waals surface area contributed by atoms with Crippen LogP contribution in [0, 0.1) is 25.5 Å². The van der Waals surface area contributed by atoms with Crippen LogP contribution < -0.4 is 5.73 Å². The van der Waals surface area contributed by atoms with Gasteiger partial charge in [-0.1, -0.05) is 12.2 Å². The Bertz CT molecular complexity index is 928. The topological polar surface area (TPSA) is 52.3 Å². The lowest BCUT2D eigenvalue weighted by atomic mass is 9.88. The lowest BCUT2D eigenvalue weighted by molar-refractivity contribution is -0.143. The first-order valence-corrected chi connectivity index (χ1v) is 10.4. The molecule has 0 aromatic heterocycles. The van der Waals surface area contributed by atoms with Crippen LogP contribution in [0.15, 0.2) is 36.4 Å². The fraction of sp³-hybridized carbons (Fsp3) is 0.400. The predicted molar refractivity (Wildman–Crippen MR) is 124 cm³/mol. The highest BCUT2D eigenvalue weighted by molar-refractivity contribution is 5.85. The van der Waals surface area contributed by atoms with E-state index in [1.54, 1.807) is 32.0 Å². The van der Waals surface area contributed by atoms with Crippen molar-refractivity contribution in [3.63, 3.8) is 0 Å². The molecule has 6 heteroatoms. The minimum absolute atomic E-state index is 0. The summed E-state index contributed by atoms with van der Waals surface area (Å²) in [5.74, 6) is -1.17. The van der Waals surface area contributed by atoms with Crippen LogP contribution in [-0.4, -0.2) is 12.6 Å². The highest BCUT2D eigenvalue weighted by Crippen LogP contribution is 2.34. The average molecular weight is 452 g/mol. The number of hydrogen-bond acceptors (Lipinski definition) is 3. The minimum atomic E-state index is -0.818. The molecule has 0 amide bonds. The third-order valence-corrected chi connectivity index (χ3v) is 5.10. The van der Waals surface area contributed by atoms with Crippen LogP contribution in [0.25, 0.3) is 11.1 Å². The van der Waals surface area contributed by atoms with E-state index in [1.807, 2.05) is 19.9 Å². The Kier molecular flexibility index (Phi) is 10.9. The van der Waals surface area contributed by atoms with Gasteiger partial charge in [-0.3, -0.25) is 4.79 Å². The summed E-state index contributed by atoms with van der Waals surface area (Å²) in [6.45, 7) is 7.46. The van der Waals surface area contributed by atoms with Crippen LogP contribution in [0.3, 0.4) is 0 Å². The van der Waals surface area contributed by atoms with E-state index in [0.29, 0.717) is 12.0 Å². The molecule has 0 saturated heterocycles. The largest absolute Gasteiger partial charge is 0.466 e. The molecule has 0 bridgehead atoms. The van der Waals surface area contributed by atoms with E-state index in [1.165, 1.54) is 6.07 Å². The number of esters is 1. The molecule has 0 unspecified atom stereocenters. The smallest absolute Gasteiger partial charge is 0.307 e. The summed E-state index contributed by atoms with van der Waals surface area (Å²) >= 11 is 0. The number of hydrogen-bond donors (Lipinski definition) is 1. The molecule has 0 radical (unpaired) electrons. The van der Waals surface area contributed by atoms with Crippen molar-refractivity contribution in [3.05, 3.63) is 70.3 Å². The Balaban J connectivity index is 0.00000480. The maximum atomic E-state index is 14.8. The van der Waals surface area contributed by atoms with Crippen molar-refractivity contribution in [1.82, 2.24) is 0 Å². The van der Waals surface area contributed by atoms with E-state index >= 15 is 0 Å². The van der Waals surface area contributed by atoms with Crippen LogP contribution >= 0.6 is 12.4 Å². The second-order valence-electron chi connectivity index (χ2n) is 7.53. The number of benzene rings is 2. The van der Waals surface area contributed by atoms with E-state index in [9.17, 15) is 13.6 Å². The summed E-state index contributed by atoms with van der Waals surface area (Å²) in [7, 11) is 0. The number of rotatable bonds is 9. The van der Waals surface area contributed by atoms with E-state index < -0.39 is 17.8 Å². The van der Waals surface area contributed by atoms with Crippen molar-refractivity contribution in [1.29, 1.82) is 0 Å². The van der Waals surface area contributed by atoms with Gasteiger partial charge in [0.2, 0.25) is 0 Å². The summed E-state index contributed by atoms with van der Waals surface area (Å²) in [4.78, 5) is 11.8. The lowest BCUT2D eigenvalue weighted by Gasteiger charge is -2.19. The molecule has 2 aromatic carbocycles. The fourth-order valence-electron chi connectivity index (χ4n) is 3.72. The zero-order chi connectivity index (χ0) is 22.3. The molecule has 3 nitrogen and oxygen atoms in total. The quantitative estimate of drug-likeness (QED) is 0.268. The Labute approximate surface area is 190 Å². The maximum Gasteiger partial charge on any atom is 0.307 e. The molecule has 170 valence electrons. The molecule has 2 N–H and O–H groups in total. The van der Waals surface area contributed by atoms with Crippen molar-refractivity contribution in [2.75, 3.05) is 6.61 Å². The summed E-state index contributed by atoms with van der Waals surface area (Å²) in [5, 5.41) is 0. The molecule has 0 spiro atoms. The second kappa shape index (κ2) is 12.6. The van der Waals surface area contributed by atoms with Gasteiger partial charge in [-0.2, -0.15) is 0 Å². The summed E-state index contributed by atoms with van der Waals surface area (Å²) in [6.07, 6.45) is 6.48. The van der Waals surface area contributed by atoms with E-state index in [2.05, 4.69) is 6.08 Å². The summed E-state index contributed by atoms with van der Waals surface area (Å²) in [6, 6.07) is 5.66. The molecular formula is C25H32ClF2NO2.